The number of anilines is 1. The van der Waals surface area contributed by atoms with E-state index in [0.29, 0.717) is 23.3 Å². The Morgan fingerprint density at radius 2 is 1.83 bits per heavy atom. The fourth-order valence-corrected chi connectivity index (χ4v) is 3.27. The van der Waals surface area contributed by atoms with Crippen LogP contribution >= 0.6 is 0 Å². The van der Waals surface area contributed by atoms with E-state index < -0.39 is 0 Å². The summed E-state index contributed by atoms with van der Waals surface area (Å²) in [6, 6.07) is 9.09. The Kier molecular flexibility index (Phi) is 5.05. The first kappa shape index (κ1) is 19.1. The second-order valence-corrected chi connectivity index (χ2v) is 7.56. The molecule has 0 aliphatic heterocycles. The van der Waals surface area contributed by atoms with Gasteiger partial charge in [0.2, 0.25) is 11.8 Å². The molecule has 2 heterocycles. The van der Waals surface area contributed by atoms with Crippen LogP contribution < -0.4 is 10.1 Å². The number of carbonyl (C=O) groups excluding carboxylic acids is 1. The number of carbonyl (C=O) groups is 1. The van der Waals surface area contributed by atoms with E-state index in [9.17, 15) is 4.79 Å². The second kappa shape index (κ2) is 7.66. The topological polar surface area (TPSA) is 81.9 Å². The summed E-state index contributed by atoms with van der Waals surface area (Å²) in [5.41, 5.74) is 3.93. The van der Waals surface area contributed by atoms with Crippen molar-refractivity contribution in [2.45, 2.75) is 47.0 Å². The van der Waals surface area contributed by atoms with Gasteiger partial charge in [-0.05, 0) is 70.4 Å². The highest BCUT2D eigenvalue weighted by Crippen LogP contribution is 2.28. The zero-order valence-electron chi connectivity index (χ0n) is 17.2. The van der Waals surface area contributed by atoms with Crippen LogP contribution in [0.25, 0.3) is 5.82 Å². The molecule has 1 aliphatic carbocycles. The predicted octanol–water partition coefficient (Wildman–Crippen LogP) is 4.43. The summed E-state index contributed by atoms with van der Waals surface area (Å²) in [7, 11) is 0. The summed E-state index contributed by atoms with van der Waals surface area (Å²) in [6.07, 6.45) is 3.11. The fraction of sp³-hybridized carbons (Fsp3) is 0.364. The smallest absolute Gasteiger partial charge is 0.227 e. The summed E-state index contributed by atoms with van der Waals surface area (Å²) in [5.74, 6) is 2.62. The molecule has 1 aliphatic rings. The Balaban J connectivity index is 1.51. The molecule has 1 amide bonds. The lowest BCUT2D eigenvalue weighted by Gasteiger charge is -2.24. The number of nitrogens with one attached hydrogen (secondary N) is 1. The lowest BCUT2D eigenvalue weighted by molar-refractivity contribution is -0.122. The molecular weight excluding hydrogens is 366 g/mol. The Hall–Kier alpha value is -3.22. The van der Waals surface area contributed by atoms with Crippen LogP contribution in [0, 0.1) is 33.6 Å². The molecule has 1 aromatic carbocycles. The zero-order chi connectivity index (χ0) is 20.5. The van der Waals surface area contributed by atoms with E-state index in [0.717, 1.165) is 41.9 Å². The molecule has 150 valence electrons. The molecule has 4 rings (SSSR count). The molecule has 1 N–H and O–H groups in total. The minimum atomic E-state index is 0.0983. The average molecular weight is 391 g/mol. The van der Waals surface area contributed by atoms with Crippen molar-refractivity contribution < 1.29 is 9.53 Å². The van der Waals surface area contributed by atoms with Gasteiger partial charge in [0.1, 0.15) is 11.6 Å². The zero-order valence-corrected chi connectivity index (χ0v) is 17.2. The predicted molar refractivity (Wildman–Crippen MR) is 111 cm³/mol. The van der Waals surface area contributed by atoms with Crippen molar-refractivity contribution in [3.05, 3.63) is 53.1 Å². The van der Waals surface area contributed by atoms with E-state index in [1.807, 2.05) is 56.6 Å². The number of hydrogen-bond donors (Lipinski definition) is 1. The van der Waals surface area contributed by atoms with Crippen LogP contribution in [0.2, 0.25) is 0 Å². The van der Waals surface area contributed by atoms with Gasteiger partial charge < -0.3 is 10.1 Å². The fourth-order valence-electron chi connectivity index (χ4n) is 3.27. The van der Waals surface area contributed by atoms with Gasteiger partial charge in [-0.1, -0.05) is 6.42 Å². The molecule has 7 heteroatoms. The Bertz CT molecular complexity index is 1050. The molecule has 0 atom stereocenters. The number of benzene rings is 1. The van der Waals surface area contributed by atoms with E-state index in [4.69, 9.17) is 4.74 Å². The van der Waals surface area contributed by atoms with Crippen LogP contribution in [-0.4, -0.2) is 25.7 Å². The van der Waals surface area contributed by atoms with Crippen LogP contribution in [0.1, 0.15) is 42.0 Å². The maximum atomic E-state index is 12.1. The number of hydrogen-bond acceptors (Lipinski definition) is 5. The van der Waals surface area contributed by atoms with Crippen LogP contribution in [-0.2, 0) is 4.79 Å². The first-order valence-corrected chi connectivity index (χ1v) is 9.88. The standard InChI is InChI=1S/C22H25N5O2/c1-13-14(2)26-27(15(13)3)20-12-21(24-16(4)23-20)29-19-10-8-18(9-11-19)25-22(28)17-6-5-7-17/h8-12,17H,5-7H2,1-4H3,(H,25,28). The van der Waals surface area contributed by atoms with Gasteiger partial charge in [0.05, 0.1) is 5.69 Å². The Morgan fingerprint density at radius 1 is 1.10 bits per heavy atom. The van der Waals surface area contributed by atoms with Crippen LogP contribution in [0.5, 0.6) is 11.6 Å². The highest BCUT2D eigenvalue weighted by molar-refractivity contribution is 5.93. The van der Waals surface area contributed by atoms with Gasteiger partial charge in [0.25, 0.3) is 0 Å². The van der Waals surface area contributed by atoms with Gasteiger partial charge in [-0.25, -0.2) is 9.67 Å². The van der Waals surface area contributed by atoms with Gasteiger partial charge in [-0.15, -0.1) is 0 Å². The van der Waals surface area contributed by atoms with Gasteiger partial charge in [0.15, 0.2) is 5.82 Å². The minimum absolute atomic E-state index is 0.0983. The van der Waals surface area contributed by atoms with Crippen molar-refractivity contribution >= 4 is 11.6 Å². The number of aromatic nitrogens is 4. The third kappa shape index (κ3) is 3.99. The first-order valence-electron chi connectivity index (χ1n) is 9.88. The molecule has 0 unspecified atom stereocenters. The largest absolute Gasteiger partial charge is 0.439 e. The second-order valence-electron chi connectivity index (χ2n) is 7.56. The molecule has 1 fully saturated rings. The van der Waals surface area contributed by atoms with E-state index in [2.05, 4.69) is 20.4 Å². The van der Waals surface area contributed by atoms with Gasteiger partial charge in [-0.2, -0.15) is 10.1 Å². The molecule has 0 spiro atoms. The molecular formula is C22H25N5O2. The molecule has 7 nitrogen and oxygen atoms in total. The number of aryl methyl sites for hydroxylation is 2. The summed E-state index contributed by atoms with van der Waals surface area (Å²) in [5, 5.41) is 7.52. The average Bonchev–Trinajstić information content (AvgIpc) is 2.89. The molecule has 2 aromatic heterocycles. The molecule has 1 saturated carbocycles. The molecule has 0 radical (unpaired) electrons. The molecule has 0 saturated heterocycles. The maximum absolute atomic E-state index is 12.1. The van der Waals surface area contributed by atoms with Gasteiger partial charge in [-0.3, -0.25) is 4.79 Å². The molecule has 29 heavy (non-hydrogen) atoms. The van der Waals surface area contributed by atoms with Crippen LogP contribution in [0.4, 0.5) is 5.69 Å². The maximum Gasteiger partial charge on any atom is 0.227 e. The van der Waals surface area contributed by atoms with E-state index in [1.54, 1.807) is 6.07 Å². The highest BCUT2D eigenvalue weighted by Gasteiger charge is 2.25. The third-order valence-electron chi connectivity index (χ3n) is 5.49. The van der Waals surface area contributed by atoms with Gasteiger partial charge in [0, 0.05) is 23.4 Å². The van der Waals surface area contributed by atoms with Gasteiger partial charge >= 0.3 is 0 Å². The summed E-state index contributed by atoms with van der Waals surface area (Å²) in [4.78, 5) is 20.9. The lowest BCUT2D eigenvalue weighted by Crippen LogP contribution is -2.27. The number of rotatable bonds is 5. The van der Waals surface area contributed by atoms with E-state index >= 15 is 0 Å². The van der Waals surface area contributed by atoms with Crippen molar-refractivity contribution in [2.75, 3.05) is 5.32 Å². The molecule has 0 bridgehead atoms. The monoisotopic (exact) mass is 391 g/mol. The minimum Gasteiger partial charge on any atom is -0.439 e. The third-order valence-corrected chi connectivity index (χ3v) is 5.49. The Morgan fingerprint density at radius 3 is 2.41 bits per heavy atom. The van der Waals surface area contributed by atoms with Crippen molar-refractivity contribution in [1.29, 1.82) is 0 Å². The SMILES string of the molecule is Cc1nc(Oc2ccc(NC(=O)C3CCC3)cc2)cc(-n2nc(C)c(C)c2C)n1. The Labute approximate surface area is 170 Å². The first-order chi connectivity index (χ1) is 13.9. The summed E-state index contributed by atoms with van der Waals surface area (Å²) < 4.78 is 7.74. The number of nitrogens with zero attached hydrogens (tertiary/aromatic N) is 4. The van der Waals surface area contributed by atoms with Crippen molar-refractivity contribution in [1.82, 2.24) is 19.7 Å². The molecule has 3 aromatic rings. The summed E-state index contributed by atoms with van der Waals surface area (Å²) in [6.45, 7) is 7.87. The quantitative estimate of drug-likeness (QED) is 0.696. The van der Waals surface area contributed by atoms with Crippen molar-refractivity contribution in [2.24, 2.45) is 5.92 Å². The summed E-state index contributed by atoms with van der Waals surface area (Å²) >= 11 is 0. The van der Waals surface area contributed by atoms with Crippen LogP contribution in [0.15, 0.2) is 30.3 Å². The lowest BCUT2D eigenvalue weighted by atomic mass is 9.85. The van der Waals surface area contributed by atoms with E-state index in [1.165, 1.54) is 0 Å². The van der Waals surface area contributed by atoms with E-state index in [-0.39, 0.29) is 11.8 Å². The normalized spacial score (nSPS) is 13.8. The van der Waals surface area contributed by atoms with Crippen LogP contribution in [0.3, 0.4) is 0 Å². The highest BCUT2D eigenvalue weighted by atomic mass is 16.5. The van der Waals surface area contributed by atoms with Crippen molar-refractivity contribution in [3.63, 3.8) is 0 Å². The van der Waals surface area contributed by atoms with Crippen molar-refractivity contribution in [3.8, 4) is 17.4 Å². The number of amides is 1. The number of ether oxygens (including phenoxy) is 1.